The van der Waals surface area contributed by atoms with Gasteiger partial charge in [-0.25, -0.2) is 9.97 Å². The zero-order valence-corrected chi connectivity index (χ0v) is 16.9. The lowest BCUT2D eigenvalue weighted by Gasteiger charge is -2.19. The molecule has 0 radical (unpaired) electrons. The molecule has 0 aliphatic heterocycles. The van der Waals surface area contributed by atoms with E-state index in [0.29, 0.717) is 18.0 Å². The number of carbonyl (C=O) groups excluding carboxylic acids is 1. The molecule has 4 nitrogen and oxygen atoms in total. The first-order valence-corrected chi connectivity index (χ1v) is 9.28. The number of alkyl halides is 6. The molecule has 0 aliphatic rings. The van der Waals surface area contributed by atoms with Crippen LogP contribution in [0.2, 0.25) is 0 Å². The summed E-state index contributed by atoms with van der Waals surface area (Å²) < 4.78 is 78.2. The van der Waals surface area contributed by atoms with Crippen LogP contribution in [0.25, 0.3) is 11.4 Å². The Labute approximate surface area is 179 Å². The van der Waals surface area contributed by atoms with Crippen LogP contribution in [-0.2, 0) is 18.9 Å². The molecule has 1 heterocycles. The SMILES string of the molecule is Cc1ccccc1-c1ncc(C(=O)N(C)Cc2cc(C(F)(F)F)cc(C(F)(F)F)c2)cn1. The molecule has 1 amide bonds. The zero-order chi connectivity index (χ0) is 23.7. The van der Waals surface area contributed by atoms with Crippen molar-refractivity contribution in [2.75, 3.05) is 7.05 Å². The van der Waals surface area contributed by atoms with Gasteiger partial charge in [-0.1, -0.05) is 24.3 Å². The monoisotopic (exact) mass is 453 g/mol. The minimum absolute atomic E-state index is 0.0451. The predicted octanol–water partition coefficient (Wildman–Crippen LogP) is 5.76. The van der Waals surface area contributed by atoms with Crippen LogP contribution in [0.1, 0.15) is 32.6 Å². The summed E-state index contributed by atoms with van der Waals surface area (Å²) in [4.78, 5) is 21.9. The lowest BCUT2D eigenvalue weighted by molar-refractivity contribution is -0.143. The number of nitrogens with zero attached hydrogens (tertiary/aromatic N) is 3. The van der Waals surface area contributed by atoms with Gasteiger partial charge in [-0.3, -0.25) is 4.79 Å². The fraction of sp³-hybridized carbons (Fsp3) is 0.227. The second-order valence-electron chi connectivity index (χ2n) is 7.19. The van der Waals surface area contributed by atoms with Crippen LogP contribution >= 0.6 is 0 Å². The van der Waals surface area contributed by atoms with Gasteiger partial charge in [-0.2, -0.15) is 26.3 Å². The van der Waals surface area contributed by atoms with Crippen LogP contribution in [0.4, 0.5) is 26.3 Å². The van der Waals surface area contributed by atoms with Crippen molar-refractivity contribution < 1.29 is 31.1 Å². The van der Waals surface area contributed by atoms with Crippen LogP contribution < -0.4 is 0 Å². The third kappa shape index (κ3) is 5.24. The summed E-state index contributed by atoms with van der Waals surface area (Å²) in [5.41, 5.74) is -1.44. The summed E-state index contributed by atoms with van der Waals surface area (Å²) in [6, 6.07) is 8.57. The van der Waals surface area contributed by atoms with E-state index in [1.807, 2.05) is 31.2 Å². The van der Waals surface area contributed by atoms with E-state index in [1.165, 1.54) is 19.4 Å². The maximum atomic E-state index is 13.0. The fourth-order valence-corrected chi connectivity index (χ4v) is 3.08. The Kier molecular flexibility index (Phi) is 6.25. The highest BCUT2D eigenvalue weighted by Crippen LogP contribution is 2.36. The average molecular weight is 453 g/mol. The first kappa shape index (κ1) is 23.2. The van der Waals surface area contributed by atoms with Gasteiger partial charge in [0.05, 0.1) is 16.7 Å². The Morgan fingerprint density at radius 2 is 1.44 bits per heavy atom. The van der Waals surface area contributed by atoms with Gasteiger partial charge >= 0.3 is 12.4 Å². The van der Waals surface area contributed by atoms with Gasteiger partial charge < -0.3 is 4.90 Å². The molecule has 10 heteroatoms. The first-order valence-electron chi connectivity index (χ1n) is 9.28. The van der Waals surface area contributed by atoms with E-state index in [1.54, 1.807) is 0 Å². The molecule has 0 unspecified atom stereocenters. The Bertz CT molecular complexity index is 1090. The third-order valence-electron chi connectivity index (χ3n) is 4.70. The molecule has 0 bridgehead atoms. The Hall–Kier alpha value is -3.43. The molecule has 3 rings (SSSR count). The maximum Gasteiger partial charge on any atom is 0.416 e. The molecule has 0 saturated carbocycles. The van der Waals surface area contributed by atoms with Crippen LogP contribution in [-0.4, -0.2) is 27.8 Å². The van der Waals surface area contributed by atoms with Crippen molar-refractivity contribution in [3.05, 3.63) is 82.7 Å². The van der Waals surface area contributed by atoms with Crippen LogP contribution in [0.3, 0.4) is 0 Å². The van der Waals surface area contributed by atoms with Crippen molar-refractivity contribution >= 4 is 5.91 Å². The third-order valence-corrected chi connectivity index (χ3v) is 4.70. The number of carbonyl (C=O) groups is 1. The molecule has 0 N–H and O–H groups in total. The van der Waals surface area contributed by atoms with Crippen molar-refractivity contribution in [3.8, 4) is 11.4 Å². The largest absolute Gasteiger partial charge is 0.416 e. The zero-order valence-electron chi connectivity index (χ0n) is 16.9. The van der Waals surface area contributed by atoms with Crippen LogP contribution in [0.15, 0.2) is 54.9 Å². The lowest BCUT2D eigenvalue weighted by atomic mass is 10.0. The Balaban J connectivity index is 1.83. The van der Waals surface area contributed by atoms with Gasteiger partial charge in [0.1, 0.15) is 0 Å². The topological polar surface area (TPSA) is 46.1 Å². The first-order chi connectivity index (χ1) is 14.9. The number of aryl methyl sites for hydroxylation is 1. The van der Waals surface area contributed by atoms with E-state index in [-0.39, 0.29) is 17.2 Å². The second-order valence-corrected chi connectivity index (χ2v) is 7.19. The smallest absolute Gasteiger partial charge is 0.337 e. The molecule has 3 aromatic rings. The molecule has 0 atom stereocenters. The molecule has 0 aliphatic carbocycles. The van der Waals surface area contributed by atoms with Crippen molar-refractivity contribution in [1.29, 1.82) is 0 Å². The molecular formula is C22H17F6N3O. The van der Waals surface area contributed by atoms with E-state index in [4.69, 9.17) is 0 Å². The van der Waals surface area contributed by atoms with Crippen molar-refractivity contribution in [1.82, 2.24) is 14.9 Å². The molecule has 168 valence electrons. The lowest BCUT2D eigenvalue weighted by Crippen LogP contribution is -2.27. The predicted molar refractivity (Wildman–Crippen MR) is 104 cm³/mol. The van der Waals surface area contributed by atoms with Gasteiger partial charge in [0, 0.05) is 31.5 Å². The molecule has 0 fully saturated rings. The average Bonchev–Trinajstić information content (AvgIpc) is 2.72. The Morgan fingerprint density at radius 3 is 1.94 bits per heavy atom. The van der Waals surface area contributed by atoms with Crippen molar-refractivity contribution in [2.45, 2.75) is 25.8 Å². The van der Waals surface area contributed by atoms with Crippen LogP contribution in [0, 0.1) is 6.92 Å². The summed E-state index contributed by atoms with van der Waals surface area (Å²) in [6.07, 6.45) is -7.39. The summed E-state index contributed by atoms with van der Waals surface area (Å²) >= 11 is 0. The maximum absolute atomic E-state index is 13.0. The molecule has 2 aromatic carbocycles. The van der Waals surface area contributed by atoms with Gasteiger partial charge in [0.2, 0.25) is 0 Å². The fourth-order valence-electron chi connectivity index (χ4n) is 3.08. The van der Waals surface area contributed by atoms with Gasteiger partial charge in [-0.15, -0.1) is 0 Å². The van der Waals surface area contributed by atoms with Crippen molar-refractivity contribution in [3.63, 3.8) is 0 Å². The summed E-state index contributed by atoms with van der Waals surface area (Å²) in [7, 11) is 1.27. The quantitative estimate of drug-likeness (QED) is 0.472. The molecule has 1 aromatic heterocycles. The highest BCUT2D eigenvalue weighted by molar-refractivity contribution is 5.93. The van der Waals surface area contributed by atoms with E-state index in [0.717, 1.165) is 16.0 Å². The van der Waals surface area contributed by atoms with Gasteiger partial charge in [0.25, 0.3) is 5.91 Å². The minimum atomic E-state index is -4.96. The molecular weight excluding hydrogens is 436 g/mol. The molecule has 0 saturated heterocycles. The number of amides is 1. The van der Waals surface area contributed by atoms with Gasteiger partial charge in [0.15, 0.2) is 5.82 Å². The number of rotatable bonds is 4. The van der Waals surface area contributed by atoms with Gasteiger partial charge in [-0.05, 0) is 36.2 Å². The standard InChI is InChI=1S/C22H17F6N3O/c1-13-5-3-4-6-18(13)19-29-10-15(11-30-19)20(32)31(2)12-14-7-16(21(23,24)25)9-17(8-14)22(26,27)28/h3-11H,12H2,1-2H3. The number of hydrogen-bond acceptors (Lipinski definition) is 3. The number of aromatic nitrogens is 2. The van der Waals surface area contributed by atoms with E-state index < -0.39 is 35.9 Å². The van der Waals surface area contributed by atoms with Crippen molar-refractivity contribution in [2.24, 2.45) is 0 Å². The normalized spacial score (nSPS) is 12.0. The van der Waals surface area contributed by atoms with E-state index in [2.05, 4.69) is 9.97 Å². The minimum Gasteiger partial charge on any atom is -0.337 e. The highest BCUT2D eigenvalue weighted by Gasteiger charge is 2.37. The number of benzene rings is 2. The molecule has 32 heavy (non-hydrogen) atoms. The summed E-state index contributed by atoms with van der Waals surface area (Å²) in [6.45, 7) is 1.40. The van der Waals surface area contributed by atoms with Crippen LogP contribution in [0.5, 0.6) is 0 Å². The number of hydrogen-bond donors (Lipinski definition) is 0. The number of halogens is 6. The second kappa shape index (κ2) is 8.60. The van der Waals surface area contributed by atoms with E-state index >= 15 is 0 Å². The summed E-state index contributed by atoms with van der Waals surface area (Å²) in [5.74, 6) is -0.262. The molecule has 0 spiro atoms. The summed E-state index contributed by atoms with van der Waals surface area (Å²) in [5, 5.41) is 0. The highest BCUT2D eigenvalue weighted by atomic mass is 19.4. The Morgan fingerprint density at radius 1 is 0.906 bits per heavy atom. The van der Waals surface area contributed by atoms with E-state index in [9.17, 15) is 31.1 Å².